The summed E-state index contributed by atoms with van der Waals surface area (Å²) in [5.74, 6) is 1.15. The Morgan fingerprint density at radius 2 is 2.25 bits per heavy atom. The van der Waals surface area contributed by atoms with Crippen LogP contribution in [0, 0.1) is 5.92 Å². The van der Waals surface area contributed by atoms with E-state index in [4.69, 9.17) is 5.73 Å². The average molecular weight is 387 g/mol. The smallest absolute Gasteiger partial charge is 0.188 e. The molecule has 0 amide bonds. The Morgan fingerprint density at radius 1 is 1.45 bits per heavy atom. The summed E-state index contributed by atoms with van der Waals surface area (Å²) in [6.07, 6.45) is 5.03. The van der Waals surface area contributed by atoms with Gasteiger partial charge in [-0.15, -0.1) is 24.0 Å². The SMILES string of the molecule is CC(C)CCNC(N)=NCc1cn2ccccc2n1.I. The maximum absolute atomic E-state index is 5.81. The van der Waals surface area contributed by atoms with Crippen molar-refractivity contribution in [3.63, 3.8) is 0 Å². The van der Waals surface area contributed by atoms with Gasteiger partial charge < -0.3 is 15.5 Å². The van der Waals surface area contributed by atoms with Crippen molar-refractivity contribution in [1.29, 1.82) is 0 Å². The molecule has 6 heteroatoms. The second kappa shape index (κ2) is 8.08. The zero-order valence-corrected chi connectivity index (χ0v) is 14.2. The lowest BCUT2D eigenvalue weighted by Gasteiger charge is -2.06. The fourth-order valence-electron chi connectivity index (χ4n) is 1.77. The van der Waals surface area contributed by atoms with Crippen LogP contribution in [0.2, 0.25) is 0 Å². The second-order valence-corrected chi connectivity index (χ2v) is 5.01. The zero-order chi connectivity index (χ0) is 13.7. The minimum atomic E-state index is 0. The molecular formula is C14H22IN5. The van der Waals surface area contributed by atoms with Crippen LogP contribution >= 0.6 is 24.0 Å². The van der Waals surface area contributed by atoms with Gasteiger partial charge in [0.15, 0.2) is 5.96 Å². The Kier molecular flexibility index (Phi) is 6.77. The number of fused-ring (bicyclic) bond motifs is 1. The molecule has 0 atom stereocenters. The monoisotopic (exact) mass is 387 g/mol. The number of hydrogen-bond donors (Lipinski definition) is 2. The molecule has 2 aromatic heterocycles. The molecule has 0 saturated heterocycles. The van der Waals surface area contributed by atoms with Crippen LogP contribution in [0.15, 0.2) is 35.6 Å². The number of pyridine rings is 1. The first-order valence-corrected chi connectivity index (χ1v) is 6.61. The van der Waals surface area contributed by atoms with Gasteiger partial charge in [0.05, 0.1) is 12.2 Å². The van der Waals surface area contributed by atoms with E-state index in [9.17, 15) is 0 Å². The minimum Gasteiger partial charge on any atom is -0.370 e. The Balaban J connectivity index is 0.00000200. The molecule has 0 aliphatic rings. The zero-order valence-electron chi connectivity index (χ0n) is 11.9. The Morgan fingerprint density at radius 3 is 2.95 bits per heavy atom. The van der Waals surface area contributed by atoms with Gasteiger partial charge in [0.1, 0.15) is 5.65 Å². The van der Waals surface area contributed by atoms with E-state index in [2.05, 4.69) is 29.1 Å². The van der Waals surface area contributed by atoms with Gasteiger partial charge in [0, 0.05) is 18.9 Å². The van der Waals surface area contributed by atoms with Crippen LogP contribution in [0.3, 0.4) is 0 Å². The molecule has 5 nitrogen and oxygen atoms in total. The summed E-state index contributed by atoms with van der Waals surface area (Å²) >= 11 is 0. The van der Waals surface area contributed by atoms with Crippen LogP contribution in [-0.2, 0) is 6.54 Å². The minimum absolute atomic E-state index is 0. The Hall–Kier alpha value is -1.31. The lowest BCUT2D eigenvalue weighted by molar-refractivity contribution is 0.576. The molecule has 3 N–H and O–H groups in total. The van der Waals surface area contributed by atoms with Crippen molar-refractivity contribution < 1.29 is 0 Å². The molecule has 0 spiro atoms. The molecule has 0 aromatic carbocycles. The molecular weight excluding hydrogens is 365 g/mol. The first-order valence-electron chi connectivity index (χ1n) is 6.61. The molecule has 110 valence electrons. The largest absolute Gasteiger partial charge is 0.370 e. The van der Waals surface area contributed by atoms with Crippen LogP contribution in [0.4, 0.5) is 0 Å². The number of aliphatic imine (C=N–C) groups is 1. The van der Waals surface area contributed by atoms with Gasteiger partial charge in [-0.1, -0.05) is 19.9 Å². The van der Waals surface area contributed by atoms with Crippen molar-refractivity contribution in [3.8, 4) is 0 Å². The first-order chi connectivity index (χ1) is 9.15. The third-order valence-electron chi connectivity index (χ3n) is 2.85. The van der Waals surface area contributed by atoms with Crippen molar-refractivity contribution in [2.24, 2.45) is 16.6 Å². The van der Waals surface area contributed by atoms with Gasteiger partial charge in [-0.25, -0.2) is 9.98 Å². The highest BCUT2D eigenvalue weighted by molar-refractivity contribution is 14.0. The lowest BCUT2D eigenvalue weighted by Crippen LogP contribution is -2.32. The topological polar surface area (TPSA) is 67.7 Å². The summed E-state index contributed by atoms with van der Waals surface area (Å²) in [5, 5.41) is 3.11. The molecule has 0 bridgehead atoms. The summed E-state index contributed by atoms with van der Waals surface area (Å²) in [6, 6.07) is 5.91. The number of nitrogens with two attached hydrogens (primary N) is 1. The van der Waals surface area contributed by atoms with Gasteiger partial charge in [-0.05, 0) is 24.5 Å². The van der Waals surface area contributed by atoms with Crippen LogP contribution in [0.1, 0.15) is 26.0 Å². The van der Waals surface area contributed by atoms with E-state index >= 15 is 0 Å². The quantitative estimate of drug-likeness (QED) is 0.471. The van der Waals surface area contributed by atoms with E-state index in [0.29, 0.717) is 18.4 Å². The molecule has 0 aliphatic carbocycles. The molecule has 0 aliphatic heterocycles. The maximum Gasteiger partial charge on any atom is 0.188 e. The predicted octanol–water partition coefficient (Wildman–Crippen LogP) is 2.40. The molecule has 0 saturated carbocycles. The van der Waals surface area contributed by atoms with E-state index in [-0.39, 0.29) is 24.0 Å². The third-order valence-corrected chi connectivity index (χ3v) is 2.85. The Labute approximate surface area is 136 Å². The van der Waals surface area contributed by atoms with Crippen molar-refractivity contribution in [3.05, 3.63) is 36.3 Å². The van der Waals surface area contributed by atoms with Crippen molar-refractivity contribution in [2.45, 2.75) is 26.8 Å². The highest BCUT2D eigenvalue weighted by Gasteiger charge is 2.00. The lowest BCUT2D eigenvalue weighted by atomic mass is 10.1. The number of imidazole rings is 1. The first kappa shape index (κ1) is 16.7. The molecule has 2 heterocycles. The van der Waals surface area contributed by atoms with Gasteiger partial charge >= 0.3 is 0 Å². The van der Waals surface area contributed by atoms with Crippen molar-refractivity contribution >= 4 is 35.6 Å². The van der Waals surface area contributed by atoms with E-state index in [1.807, 2.05) is 35.0 Å². The molecule has 0 radical (unpaired) electrons. The molecule has 0 fully saturated rings. The summed E-state index contributed by atoms with van der Waals surface area (Å²) < 4.78 is 1.98. The summed E-state index contributed by atoms with van der Waals surface area (Å²) in [7, 11) is 0. The van der Waals surface area contributed by atoms with Crippen molar-refractivity contribution in [2.75, 3.05) is 6.54 Å². The van der Waals surface area contributed by atoms with Crippen molar-refractivity contribution in [1.82, 2.24) is 14.7 Å². The molecule has 2 aromatic rings. The summed E-state index contributed by atoms with van der Waals surface area (Å²) in [6.45, 7) is 5.73. The predicted molar refractivity (Wildman–Crippen MR) is 93.4 cm³/mol. The van der Waals surface area contributed by atoms with Gasteiger partial charge in [0.2, 0.25) is 0 Å². The molecule has 2 rings (SSSR count). The van der Waals surface area contributed by atoms with Crippen LogP contribution in [0.25, 0.3) is 5.65 Å². The fourth-order valence-corrected chi connectivity index (χ4v) is 1.77. The number of guanidine groups is 1. The van der Waals surface area contributed by atoms with Crippen LogP contribution in [0.5, 0.6) is 0 Å². The highest BCUT2D eigenvalue weighted by atomic mass is 127. The molecule has 0 unspecified atom stereocenters. The molecule has 20 heavy (non-hydrogen) atoms. The van der Waals surface area contributed by atoms with Gasteiger partial charge in [0.25, 0.3) is 0 Å². The van der Waals surface area contributed by atoms with Crippen LogP contribution in [-0.4, -0.2) is 21.9 Å². The standard InChI is InChI=1S/C14H21N5.HI/c1-11(2)6-7-16-14(15)17-9-12-10-19-8-4-3-5-13(19)18-12;/h3-5,8,10-11H,6-7,9H2,1-2H3,(H3,15,16,17);1H. The number of aromatic nitrogens is 2. The number of halogens is 1. The fraction of sp³-hybridized carbons (Fsp3) is 0.429. The second-order valence-electron chi connectivity index (χ2n) is 5.01. The van der Waals surface area contributed by atoms with Crippen LogP contribution < -0.4 is 11.1 Å². The highest BCUT2D eigenvalue weighted by Crippen LogP contribution is 2.05. The maximum atomic E-state index is 5.81. The van der Waals surface area contributed by atoms with E-state index in [1.165, 1.54) is 0 Å². The summed E-state index contributed by atoms with van der Waals surface area (Å²) in [4.78, 5) is 8.76. The van der Waals surface area contributed by atoms with Gasteiger partial charge in [-0.3, -0.25) is 0 Å². The van der Waals surface area contributed by atoms with Gasteiger partial charge in [-0.2, -0.15) is 0 Å². The number of rotatable bonds is 5. The number of hydrogen-bond acceptors (Lipinski definition) is 2. The van der Waals surface area contributed by atoms with E-state index < -0.39 is 0 Å². The third kappa shape index (κ3) is 4.99. The number of nitrogens with zero attached hydrogens (tertiary/aromatic N) is 3. The average Bonchev–Trinajstić information content (AvgIpc) is 2.78. The van der Waals surface area contributed by atoms with E-state index in [0.717, 1.165) is 24.3 Å². The summed E-state index contributed by atoms with van der Waals surface area (Å²) in [5.41, 5.74) is 7.65. The number of nitrogens with one attached hydrogen (secondary N) is 1. The Bertz CT molecular complexity index is 528. The van der Waals surface area contributed by atoms with E-state index in [1.54, 1.807) is 0 Å². The normalized spacial score (nSPS) is 11.7.